The number of nitrogens with one attached hydrogen (secondary N) is 1. The number of benzene rings is 4. The molecular weight excluding hydrogens is 476 g/mol. The molecule has 1 amide bonds. The fraction of sp³-hybridized carbons (Fsp3) is 0.0400. The minimum Gasteiger partial charge on any atom is -0.488 e. The van der Waals surface area contributed by atoms with E-state index in [-0.39, 0.29) is 5.91 Å². The van der Waals surface area contributed by atoms with Crippen LogP contribution in [0.1, 0.15) is 21.5 Å². The number of carbonyl (C=O) groups excluding carboxylic acids is 1. The predicted molar refractivity (Wildman–Crippen MR) is 129 cm³/mol. The van der Waals surface area contributed by atoms with Crippen molar-refractivity contribution in [1.82, 2.24) is 5.43 Å². The van der Waals surface area contributed by atoms with Crippen LogP contribution in [-0.2, 0) is 6.61 Å². The van der Waals surface area contributed by atoms with E-state index in [0.717, 1.165) is 21.9 Å². The third-order valence-corrected chi connectivity index (χ3v) is 5.66. The lowest BCUT2D eigenvalue weighted by Crippen LogP contribution is -2.18. The first-order valence-corrected chi connectivity index (χ1v) is 10.8. The molecule has 0 unspecified atom stereocenters. The second-order valence-corrected chi connectivity index (χ2v) is 8.08. The Morgan fingerprint density at radius 3 is 2.52 bits per heavy atom. The summed E-state index contributed by atoms with van der Waals surface area (Å²) in [7, 11) is 0. The lowest BCUT2D eigenvalue weighted by atomic mass is 10.0. The Labute approximate surface area is 193 Å². The minimum absolute atomic E-state index is 0.299. The number of fused-ring (bicyclic) bond motifs is 1. The van der Waals surface area contributed by atoms with Crippen LogP contribution in [0.3, 0.4) is 0 Å². The molecule has 6 heteroatoms. The van der Waals surface area contributed by atoms with Crippen LogP contribution in [0.2, 0.25) is 5.02 Å². The van der Waals surface area contributed by atoms with E-state index in [1.807, 2.05) is 72.8 Å². The molecule has 0 radical (unpaired) electrons. The fourth-order valence-electron chi connectivity index (χ4n) is 3.14. The number of hydrogen-bond acceptors (Lipinski definition) is 3. The van der Waals surface area contributed by atoms with Crippen LogP contribution < -0.4 is 10.2 Å². The van der Waals surface area contributed by atoms with Crippen LogP contribution >= 0.6 is 27.5 Å². The molecule has 0 fully saturated rings. The molecular formula is C25H18BrClN2O2. The largest absolute Gasteiger partial charge is 0.488 e. The highest BCUT2D eigenvalue weighted by atomic mass is 79.9. The van der Waals surface area contributed by atoms with Crippen molar-refractivity contribution in [3.05, 3.63) is 111 Å². The number of hydrazone groups is 1. The van der Waals surface area contributed by atoms with E-state index in [2.05, 4.69) is 26.5 Å². The number of halogens is 2. The molecule has 0 heterocycles. The van der Waals surface area contributed by atoms with Gasteiger partial charge < -0.3 is 4.74 Å². The molecule has 4 rings (SSSR count). The van der Waals surface area contributed by atoms with Crippen LogP contribution in [-0.4, -0.2) is 12.1 Å². The average Bonchev–Trinajstić information content (AvgIpc) is 2.79. The maximum atomic E-state index is 12.4. The first-order valence-electron chi connectivity index (χ1n) is 9.59. The van der Waals surface area contributed by atoms with Crippen molar-refractivity contribution in [3.63, 3.8) is 0 Å². The van der Waals surface area contributed by atoms with E-state index >= 15 is 0 Å². The molecule has 0 aromatic heterocycles. The van der Waals surface area contributed by atoms with Gasteiger partial charge in [0.15, 0.2) is 0 Å². The molecule has 0 aliphatic heterocycles. The SMILES string of the molecule is O=C(N/N=C\c1c(OCc2ccc(Cl)cc2)ccc2ccccc12)c1ccccc1Br. The van der Waals surface area contributed by atoms with Crippen LogP contribution in [0, 0.1) is 0 Å². The summed E-state index contributed by atoms with van der Waals surface area (Å²) in [6, 6.07) is 26.6. The zero-order chi connectivity index (χ0) is 21.6. The Bertz CT molecular complexity index is 1260. The minimum atomic E-state index is -0.299. The predicted octanol–water partition coefficient (Wildman–Crippen LogP) is 6.60. The molecule has 1 N–H and O–H groups in total. The van der Waals surface area contributed by atoms with Crippen molar-refractivity contribution in [2.45, 2.75) is 6.61 Å². The van der Waals surface area contributed by atoms with E-state index in [9.17, 15) is 4.79 Å². The lowest BCUT2D eigenvalue weighted by molar-refractivity contribution is 0.0954. The quantitative estimate of drug-likeness (QED) is 0.243. The van der Waals surface area contributed by atoms with Crippen LogP contribution in [0.15, 0.2) is 94.5 Å². The normalized spacial score (nSPS) is 11.0. The zero-order valence-corrected chi connectivity index (χ0v) is 18.7. The number of rotatable bonds is 6. The third-order valence-electron chi connectivity index (χ3n) is 4.72. The Balaban J connectivity index is 1.59. The van der Waals surface area contributed by atoms with Crippen molar-refractivity contribution in [1.29, 1.82) is 0 Å². The second kappa shape index (κ2) is 9.77. The van der Waals surface area contributed by atoms with Gasteiger partial charge in [0.25, 0.3) is 5.91 Å². The van der Waals surface area contributed by atoms with E-state index < -0.39 is 0 Å². The average molecular weight is 494 g/mol. The Morgan fingerprint density at radius 1 is 0.968 bits per heavy atom. The second-order valence-electron chi connectivity index (χ2n) is 6.79. The van der Waals surface area contributed by atoms with Gasteiger partial charge in [-0.05, 0) is 62.6 Å². The molecule has 4 nitrogen and oxygen atoms in total. The Morgan fingerprint density at radius 2 is 1.71 bits per heavy atom. The molecule has 4 aromatic rings. The van der Waals surface area contributed by atoms with Crippen LogP contribution in [0.4, 0.5) is 0 Å². The Kier molecular flexibility index (Phi) is 6.65. The van der Waals surface area contributed by atoms with Crippen molar-refractivity contribution < 1.29 is 9.53 Å². The number of hydrogen-bond donors (Lipinski definition) is 1. The molecule has 154 valence electrons. The molecule has 0 spiro atoms. The molecule has 0 saturated carbocycles. The maximum Gasteiger partial charge on any atom is 0.272 e. The number of carbonyl (C=O) groups is 1. The van der Waals surface area contributed by atoms with Gasteiger partial charge in [0.2, 0.25) is 0 Å². The highest BCUT2D eigenvalue weighted by Gasteiger charge is 2.10. The van der Waals surface area contributed by atoms with Crippen LogP contribution in [0.5, 0.6) is 5.75 Å². The van der Waals surface area contributed by atoms with E-state index in [1.54, 1.807) is 18.3 Å². The summed E-state index contributed by atoms with van der Waals surface area (Å²) in [6.45, 7) is 0.389. The topological polar surface area (TPSA) is 50.7 Å². The summed E-state index contributed by atoms with van der Waals surface area (Å²) in [5.74, 6) is 0.375. The van der Waals surface area contributed by atoms with Gasteiger partial charge in [-0.1, -0.05) is 66.2 Å². The van der Waals surface area contributed by atoms with Crippen molar-refractivity contribution in [2.75, 3.05) is 0 Å². The molecule has 0 saturated heterocycles. The van der Waals surface area contributed by atoms with E-state index in [4.69, 9.17) is 16.3 Å². The summed E-state index contributed by atoms with van der Waals surface area (Å²) in [5, 5.41) is 6.91. The molecule has 31 heavy (non-hydrogen) atoms. The maximum absolute atomic E-state index is 12.4. The number of amides is 1. The molecule has 0 atom stereocenters. The van der Waals surface area contributed by atoms with Gasteiger partial charge in [-0.15, -0.1) is 0 Å². The summed E-state index contributed by atoms with van der Waals surface area (Å²) in [4.78, 5) is 12.4. The van der Waals surface area contributed by atoms with Gasteiger partial charge in [0.05, 0.1) is 11.8 Å². The van der Waals surface area contributed by atoms with Gasteiger partial charge in [-0.2, -0.15) is 5.10 Å². The zero-order valence-electron chi connectivity index (χ0n) is 16.4. The summed E-state index contributed by atoms with van der Waals surface area (Å²) >= 11 is 9.34. The van der Waals surface area contributed by atoms with Gasteiger partial charge in [0.1, 0.15) is 12.4 Å². The highest BCUT2D eigenvalue weighted by Crippen LogP contribution is 2.27. The lowest BCUT2D eigenvalue weighted by Gasteiger charge is -2.12. The first-order chi connectivity index (χ1) is 15.1. The standard InChI is InChI=1S/C25H18BrClN2O2/c26-23-8-4-3-7-21(23)25(30)29-28-15-22-20-6-2-1-5-18(20)11-14-24(22)31-16-17-9-12-19(27)13-10-17/h1-15H,16H2,(H,29,30)/b28-15-. The third kappa shape index (κ3) is 5.13. The van der Waals surface area contributed by atoms with Crippen LogP contribution in [0.25, 0.3) is 10.8 Å². The highest BCUT2D eigenvalue weighted by molar-refractivity contribution is 9.10. The van der Waals surface area contributed by atoms with Crippen molar-refractivity contribution in [2.24, 2.45) is 5.10 Å². The number of nitrogens with zero attached hydrogens (tertiary/aromatic N) is 1. The molecule has 0 aliphatic rings. The monoisotopic (exact) mass is 492 g/mol. The first kappa shape index (κ1) is 21.1. The van der Waals surface area contributed by atoms with E-state index in [0.29, 0.717) is 27.4 Å². The van der Waals surface area contributed by atoms with Gasteiger partial charge in [-0.3, -0.25) is 4.79 Å². The summed E-state index contributed by atoms with van der Waals surface area (Å²) in [5.41, 5.74) is 4.90. The van der Waals surface area contributed by atoms with E-state index in [1.165, 1.54) is 0 Å². The fourth-order valence-corrected chi connectivity index (χ4v) is 3.73. The van der Waals surface area contributed by atoms with Crippen molar-refractivity contribution >= 4 is 50.4 Å². The van der Waals surface area contributed by atoms with Gasteiger partial charge >= 0.3 is 0 Å². The molecule has 4 aromatic carbocycles. The number of ether oxygens (including phenoxy) is 1. The Hall–Kier alpha value is -3.15. The molecule has 0 aliphatic carbocycles. The molecule has 0 bridgehead atoms. The van der Waals surface area contributed by atoms with Gasteiger partial charge in [0, 0.05) is 15.1 Å². The summed E-state index contributed by atoms with van der Waals surface area (Å²) < 4.78 is 6.79. The summed E-state index contributed by atoms with van der Waals surface area (Å²) in [6.07, 6.45) is 1.62. The smallest absolute Gasteiger partial charge is 0.272 e. The van der Waals surface area contributed by atoms with Crippen molar-refractivity contribution in [3.8, 4) is 5.75 Å². The van der Waals surface area contributed by atoms with Gasteiger partial charge in [-0.25, -0.2) is 5.43 Å².